The number of alkyl halides is 1. The summed E-state index contributed by atoms with van der Waals surface area (Å²) in [6.07, 6.45) is 1.10. The van der Waals surface area contributed by atoms with Gasteiger partial charge in [0.15, 0.2) is 0 Å². The van der Waals surface area contributed by atoms with Crippen molar-refractivity contribution in [2.45, 2.75) is 27.2 Å². The topological polar surface area (TPSA) is 0 Å². The van der Waals surface area contributed by atoms with Crippen molar-refractivity contribution in [1.29, 1.82) is 0 Å². The number of hydrogen-bond acceptors (Lipinski definition) is 0. The molecular weight excluding hydrogens is 180 g/mol. The Labute approximate surface area is 85.9 Å². The lowest BCUT2D eigenvalue weighted by molar-refractivity contribution is 0.649. The predicted octanol–water partition coefficient (Wildman–Crippen LogP) is 3.72. The van der Waals surface area contributed by atoms with Crippen LogP contribution in [0.4, 0.5) is 0 Å². The van der Waals surface area contributed by atoms with Gasteiger partial charge in [0.1, 0.15) is 0 Å². The maximum Gasteiger partial charge on any atom is 0.0252 e. The molecule has 1 aromatic carbocycles. The second-order valence-corrected chi connectivity index (χ2v) is 4.14. The second-order valence-electron chi connectivity index (χ2n) is 3.83. The van der Waals surface area contributed by atoms with E-state index in [1.807, 2.05) is 0 Å². The van der Waals surface area contributed by atoms with Crippen LogP contribution in [-0.4, -0.2) is 5.88 Å². The highest BCUT2D eigenvalue weighted by Crippen LogP contribution is 2.18. The molecule has 1 unspecified atom stereocenters. The zero-order valence-electron chi connectivity index (χ0n) is 8.60. The van der Waals surface area contributed by atoms with Gasteiger partial charge in [-0.25, -0.2) is 0 Å². The molecule has 0 amide bonds. The molecule has 0 spiro atoms. The Morgan fingerprint density at radius 3 is 2.23 bits per heavy atom. The van der Waals surface area contributed by atoms with Crippen LogP contribution >= 0.6 is 11.6 Å². The van der Waals surface area contributed by atoms with E-state index in [-0.39, 0.29) is 0 Å². The molecule has 0 radical (unpaired) electrons. The molecule has 0 N–H and O–H groups in total. The van der Waals surface area contributed by atoms with Crippen LogP contribution in [0.15, 0.2) is 18.2 Å². The molecule has 0 nitrogen and oxygen atoms in total. The summed E-state index contributed by atoms with van der Waals surface area (Å²) in [5.41, 5.74) is 4.24. The van der Waals surface area contributed by atoms with E-state index < -0.39 is 0 Å². The van der Waals surface area contributed by atoms with Crippen molar-refractivity contribution in [2.75, 3.05) is 5.88 Å². The molecule has 0 saturated heterocycles. The van der Waals surface area contributed by atoms with Crippen LogP contribution in [0.5, 0.6) is 0 Å². The fourth-order valence-corrected chi connectivity index (χ4v) is 1.68. The first kappa shape index (κ1) is 10.6. The van der Waals surface area contributed by atoms with Crippen LogP contribution in [0.1, 0.15) is 23.6 Å². The predicted molar refractivity (Wildman–Crippen MR) is 59.5 cm³/mol. The highest BCUT2D eigenvalue weighted by molar-refractivity contribution is 6.18. The van der Waals surface area contributed by atoms with E-state index in [0.29, 0.717) is 5.92 Å². The fraction of sp³-hybridized carbons (Fsp3) is 0.500. The molecule has 1 aromatic rings. The minimum absolute atomic E-state index is 0.571. The van der Waals surface area contributed by atoms with Gasteiger partial charge in [-0.1, -0.05) is 25.1 Å². The van der Waals surface area contributed by atoms with Gasteiger partial charge in [-0.3, -0.25) is 0 Å². The van der Waals surface area contributed by atoms with E-state index in [0.717, 1.165) is 12.3 Å². The molecule has 13 heavy (non-hydrogen) atoms. The number of aryl methyl sites for hydroxylation is 2. The van der Waals surface area contributed by atoms with Gasteiger partial charge in [0.25, 0.3) is 0 Å². The van der Waals surface area contributed by atoms with Crippen molar-refractivity contribution in [2.24, 2.45) is 5.92 Å². The van der Waals surface area contributed by atoms with Crippen LogP contribution in [0.3, 0.4) is 0 Å². The monoisotopic (exact) mass is 196 g/mol. The molecule has 0 aromatic heterocycles. The Morgan fingerprint density at radius 2 is 1.77 bits per heavy atom. The van der Waals surface area contributed by atoms with Gasteiger partial charge in [-0.2, -0.15) is 0 Å². The zero-order chi connectivity index (χ0) is 9.84. The van der Waals surface area contributed by atoms with Crippen molar-refractivity contribution >= 4 is 11.6 Å². The summed E-state index contributed by atoms with van der Waals surface area (Å²) in [5.74, 6) is 1.31. The normalized spacial score (nSPS) is 12.9. The maximum absolute atomic E-state index is 5.81. The number of hydrogen-bond donors (Lipinski definition) is 0. The Balaban J connectivity index is 2.87. The average Bonchev–Trinajstić information content (AvgIpc) is 2.11. The van der Waals surface area contributed by atoms with E-state index >= 15 is 0 Å². The summed E-state index contributed by atoms with van der Waals surface area (Å²) in [6.45, 7) is 6.53. The lowest BCUT2D eigenvalue weighted by atomic mass is 9.95. The summed E-state index contributed by atoms with van der Waals surface area (Å²) in [5, 5.41) is 0. The Bertz CT molecular complexity index is 258. The van der Waals surface area contributed by atoms with Gasteiger partial charge in [0.2, 0.25) is 0 Å². The van der Waals surface area contributed by atoms with Crippen molar-refractivity contribution in [1.82, 2.24) is 0 Å². The fourth-order valence-electron chi connectivity index (χ4n) is 1.57. The van der Waals surface area contributed by atoms with Gasteiger partial charge in [-0.05, 0) is 42.9 Å². The van der Waals surface area contributed by atoms with Crippen LogP contribution in [0, 0.1) is 19.8 Å². The van der Waals surface area contributed by atoms with E-state index in [4.69, 9.17) is 11.6 Å². The summed E-state index contributed by atoms with van der Waals surface area (Å²) in [4.78, 5) is 0. The third kappa shape index (κ3) is 2.73. The van der Waals surface area contributed by atoms with Gasteiger partial charge >= 0.3 is 0 Å². The largest absolute Gasteiger partial charge is 0.126 e. The van der Waals surface area contributed by atoms with Crippen molar-refractivity contribution in [3.05, 3.63) is 34.9 Å². The molecule has 72 valence electrons. The summed E-state index contributed by atoms with van der Waals surface area (Å²) >= 11 is 5.81. The minimum atomic E-state index is 0.571. The average molecular weight is 197 g/mol. The van der Waals surface area contributed by atoms with Gasteiger partial charge in [0.05, 0.1) is 0 Å². The smallest absolute Gasteiger partial charge is 0.0252 e. The van der Waals surface area contributed by atoms with Crippen LogP contribution < -0.4 is 0 Å². The SMILES string of the molecule is Cc1cccc(C)c1CC(C)CCl. The number of rotatable bonds is 3. The molecule has 1 rings (SSSR count). The summed E-state index contributed by atoms with van der Waals surface area (Å²) < 4.78 is 0. The van der Waals surface area contributed by atoms with Crippen LogP contribution in [0.2, 0.25) is 0 Å². The second kappa shape index (κ2) is 4.66. The van der Waals surface area contributed by atoms with Gasteiger partial charge in [-0.15, -0.1) is 11.6 Å². The van der Waals surface area contributed by atoms with E-state index in [9.17, 15) is 0 Å². The first-order chi connectivity index (χ1) is 6.15. The van der Waals surface area contributed by atoms with Crippen molar-refractivity contribution < 1.29 is 0 Å². The van der Waals surface area contributed by atoms with Crippen LogP contribution in [0.25, 0.3) is 0 Å². The number of benzene rings is 1. The summed E-state index contributed by atoms with van der Waals surface area (Å²) in [7, 11) is 0. The summed E-state index contributed by atoms with van der Waals surface area (Å²) in [6, 6.07) is 6.45. The molecule has 0 fully saturated rings. The standard InChI is InChI=1S/C12H17Cl/c1-9(8-13)7-12-10(2)5-4-6-11(12)3/h4-6,9H,7-8H2,1-3H3. The third-order valence-corrected chi connectivity index (χ3v) is 2.99. The number of halogens is 1. The highest BCUT2D eigenvalue weighted by atomic mass is 35.5. The van der Waals surface area contributed by atoms with E-state index in [2.05, 4.69) is 39.0 Å². The first-order valence-corrected chi connectivity index (χ1v) is 5.29. The van der Waals surface area contributed by atoms with E-state index in [1.165, 1.54) is 16.7 Å². The molecule has 0 aliphatic carbocycles. The minimum Gasteiger partial charge on any atom is -0.126 e. The molecular formula is C12H17Cl. The molecule has 1 atom stereocenters. The van der Waals surface area contributed by atoms with Gasteiger partial charge in [0, 0.05) is 5.88 Å². The highest BCUT2D eigenvalue weighted by Gasteiger charge is 2.06. The molecule has 0 aliphatic rings. The molecule has 0 aliphatic heterocycles. The lowest BCUT2D eigenvalue weighted by Gasteiger charge is -2.12. The van der Waals surface area contributed by atoms with Crippen LogP contribution in [-0.2, 0) is 6.42 Å². The van der Waals surface area contributed by atoms with Gasteiger partial charge < -0.3 is 0 Å². The van der Waals surface area contributed by atoms with Crippen molar-refractivity contribution in [3.8, 4) is 0 Å². The maximum atomic E-state index is 5.81. The molecule has 1 heteroatoms. The molecule has 0 bridgehead atoms. The Kier molecular flexibility index (Phi) is 3.80. The molecule has 0 saturated carbocycles. The lowest BCUT2D eigenvalue weighted by Crippen LogP contribution is -2.04. The van der Waals surface area contributed by atoms with E-state index in [1.54, 1.807) is 0 Å². The van der Waals surface area contributed by atoms with Crippen molar-refractivity contribution in [3.63, 3.8) is 0 Å². The Hall–Kier alpha value is -0.490. The zero-order valence-corrected chi connectivity index (χ0v) is 9.36. The molecule has 0 heterocycles. The quantitative estimate of drug-likeness (QED) is 0.647. The Morgan fingerprint density at radius 1 is 1.23 bits per heavy atom. The first-order valence-electron chi connectivity index (χ1n) is 4.76. The third-order valence-electron chi connectivity index (χ3n) is 2.46.